The summed E-state index contributed by atoms with van der Waals surface area (Å²) in [7, 11) is 0. The average Bonchev–Trinajstić information content (AvgIpc) is 3.48. The highest BCUT2D eigenvalue weighted by Gasteiger charge is 2.12. The summed E-state index contributed by atoms with van der Waals surface area (Å²) in [5.41, 5.74) is 2.14. The Hall–Kier alpha value is -3.11. The summed E-state index contributed by atoms with van der Waals surface area (Å²) in [6.45, 7) is 1.54. The summed E-state index contributed by atoms with van der Waals surface area (Å²) in [5, 5.41) is 16.2. The van der Waals surface area contributed by atoms with Gasteiger partial charge in [0, 0.05) is 19.5 Å². The van der Waals surface area contributed by atoms with Crippen LogP contribution in [0.1, 0.15) is 17.5 Å². The number of nitrogens with one attached hydrogen (secondary N) is 2. The molecule has 0 spiro atoms. The highest BCUT2D eigenvalue weighted by atomic mass is 32.1. The number of carbonyl (C=O) groups excluding carboxylic acids is 1. The molecule has 0 atom stereocenters. The molecule has 0 fully saturated rings. The number of thiophene rings is 1. The molecule has 10 heteroatoms. The number of rotatable bonds is 8. The van der Waals surface area contributed by atoms with E-state index < -0.39 is 0 Å². The van der Waals surface area contributed by atoms with Gasteiger partial charge in [0.1, 0.15) is 12.7 Å². The van der Waals surface area contributed by atoms with E-state index in [1.807, 2.05) is 46.3 Å². The van der Waals surface area contributed by atoms with Crippen molar-refractivity contribution in [2.24, 2.45) is 0 Å². The van der Waals surface area contributed by atoms with Crippen molar-refractivity contribution in [3.63, 3.8) is 0 Å². The van der Waals surface area contributed by atoms with Crippen molar-refractivity contribution in [3.05, 3.63) is 70.3 Å². The zero-order valence-corrected chi connectivity index (χ0v) is 17.1. The molecule has 8 nitrogen and oxygen atoms in total. The summed E-state index contributed by atoms with van der Waals surface area (Å²) in [6.07, 6.45) is 3.50. The summed E-state index contributed by atoms with van der Waals surface area (Å²) >= 11 is 6.90. The molecular weight excluding hydrogens is 406 g/mol. The lowest BCUT2D eigenvalue weighted by atomic mass is 10.1. The molecule has 0 unspecified atom stereocenters. The second-order valence-electron chi connectivity index (χ2n) is 6.37. The number of hydrogen-bond acceptors (Lipinski definition) is 6. The van der Waals surface area contributed by atoms with E-state index in [-0.39, 0.29) is 5.91 Å². The van der Waals surface area contributed by atoms with Crippen molar-refractivity contribution in [2.75, 3.05) is 0 Å². The largest absolute Gasteiger partial charge is 0.352 e. The third-order valence-electron chi connectivity index (χ3n) is 4.46. The first kappa shape index (κ1) is 19.2. The lowest BCUT2D eigenvalue weighted by Crippen LogP contribution is -2.24. The van der Waals surface area contributed by atoms with Gasteiger partial charge in [-0.2, -0.15) is 10.2 Å². The monoisotopic (exact) mass is 425 g/mol. The predicted molar refractivity (Wildman–Crippen MR) is 113 cm³/mol. The van der Waals surface area contributed by atoms with E-state index in [1.165, 1.54) is 6.33 Å². The first-order chi connectivity index (χ1) is 14.2. The van der Waals surface area contributed by atoms with E-state index in [2.05, 4.69) is 25.6 Å². The predicted octanol–water partition coefficient (Wildman–Crippen LogP) is 3.02. The van der Waals surface area contributed by atoms with Gasteiger partial charge in [-0.1, -0.05) is 30.3 Å². The van der Waals surface area contributed by atoms with Gasteiger partial charge in [0.2, 0.25) is 5.91 Å². The van der Waals surface area contributed by atoms with Crippen molar-refractivity contribution in [1.29, 1.82) is 0 Å². The Balaban J connectivity index is 1.36. The number of H-pyrrole nitrogens is 1. The zero-order valence-electron chi connectivity index (χ0n) is 15.5. The zero-order chi connectivity index (χ0) is 20.1. The normalized spacial score (nSPS) is 10.9. The maximum Gasteiger partial charge on any atom is 0.222 e. The fraction of sp³-hybridized carbons (Fsp3) is 0.211. The van der Waals surface area contributed by atoms with Crippen LogP contribution in [0, 0.1) is 4.77 Å². The van der Waals surface area contributed by atoms with Gasteiger partial charge in [0.15, 0.2) is 10.6 Å². The standard InChI is InChI=1S/C19H19N7OS2/c27-17(7-8-26-18(23-24-19(26)28)16-6-3-9-29-16)21-10-14-4-1-2-5-15(14)11-25-13-20-12-22-25/h1-6,9,12-13H,7-8,10-11H2,(H,21,27)(H,24,28). The molecule has 0 saturated heterocycles. The van der Waals surface area contributed by atoms with Gasteiger partial charge in [0.25, 0.3) is 0 Å². The van der Waals surface area contributed by atoms with Crippen LogP contribution in [0.25, 0.3) is 10.7 Å². The molecule has 2 N–H and O–H groups in total. The topological polar surface area (TPSA) is 93.4 Å². The third-order valence-corrected chi connectivity index (χ3v) is 5.63. The minimum atomic E-state index is -0.0409. The van der Waals surface area contributed by atoms with Gasteiger partial charge in [-0.15, -0.1) is 11.3 Å². The summed E-state index contributed by atoms with van der Waals surface area (Å²) < 4.78 is 4.13. The number of amides is 1. The SMILES string of the molecule is O=C(CCn1c(-c2cccs2)n[nH]c1=S)NCc1ccccc1Cn1cncn1. The summed E-state index contributed by atoms with van der Waals surface area (Å²) in [5.74, 6) is 0.719. The fourth-order valence-corrected chi connectivity index (χ4v) is 3.93. The first-order valence-electron chi connectivity index (χ1n) is 9.05. The summed E-state index contributed by atoms with van der Waals surface area (Å²) in [6, 6.07) is 11.9. The Morgan fingerprint density at radius 3 is 2.83 bits per heavy atom. The lowest BCUT2D eigenvalue weighted by molar-refractivity contribution is -0.121. The Kier molecular flexibility index (Phi) is 5.92. The van der Waals surface area contributed by atoms with Crippen LogP contribution in [0.3, 0.4) is 0 Å². The van der Waals surface area contributed by atoms with E-state index in [9.17, 15) is 4.79 Å². The van der Waals surface area contributed by atoms with Gasteiger partial charge < -0.3 is 5.32 Å². The lowest BCUT2D eigenvalue weighted by Gasteiger charge is -2.11. The Bertz CT molecular complexity index is 1130. The molecule has 0 radical (unpaired) electrons. The number of benzene rings is 1. The van der Waals surface area contributed by atoms with Crippen LogP contribution in [0.4, 0.5) is 0 Å². The van der Waals surface area contributed by atoms with Crippen molar-refractivity contribution in [3.8, 4) is 10.7 Å². The second kappa shape index (κ2) is 8.93. The van der Waals surface area contributed by atoms with Gasteiger partial charge in [0.05, 0.1) is 11.4 Å². The molecule has 3 heterocycles. The molecule has 1 aromatic carbocycles. The van der Waals surface area contributed by atoms with Crippen LogP contribution in [0.15, 0.2) is 54.4 Å². The van der Waals surface area contributed by atoms with Gasteiger partial charge in [-0.3, -0.25) is 14.5 Å². The smallest absolute Gasteiger partial charge is 0.222 e. The number of aromatic nitrogens is 6. The van der Waals surface area contributed by atoms with E-state index in [0.717, 1.165) is 21.8 Å². The highest BCUT2D eigenvalue weighted by molar-refractivity contribution is 7.71. The molecule has 3 aromatic heterocycles. The van der Waals surface area contributed by atoms with Crippen LogP contribution < -0.4 is 5.32 Å². The minimum Gasteiger partial charge on any atom is -0.352 e. The third kappa shape index (κ3) is 4.66. The number of aromatic amines is 1. The molecule has 0 aliphatic rings. The Morgan fingerprint density at radius 2 is 2.07 bits per heavy atom. The van der Waals surface area contributed by atoms with Gasteiger partial charge in [-0.25, -0.2) is 9.67 Å². The van der Waals surface area contributed by atoms with Crippen molar-refractivity contribution in [1.82, 2.24) is 34.8 Å². The molecule has 148 valence electrons. The van der Waals surface area contributed by atoms with Crippen LogP contribution >= 0.6 is 23.6 Å². The van der Waals surface area contributed by atoms with E-state index in [4.69, 9.17) is 12.2 Å². The van der Waals surface area contributed by atoms with E-state index in [1.54, 1.807) is 22.3 Å². The Morgan fingerprint density at radius 1 is 1.21 bits per heavy atom. The molecule has 1 amide bonds. The van der Waals surface area contributed by atoms with E-state index >= 15 is 0 Å². The van der Waals surface area contributed by atoms with Gasteiger partial charge in [-0.05, 0) is 34.8 Å². The Labute approximate surface area is 176 Å². The molecule has 0 aliphatic carbocycles. The fourth-order valence-electron chi connectivity index (χ4n) is 2.99. The molecule has 29 heavy (non-hydrogen) atoms. The number of carbonyl (C=O) groups is 1. The van der Waals surface area contributed by atoms with Crippen LogP contribution in [0.2, 0.25) is 0 Å². The number of hydrogen-bond donors (Lipinski definition) is 2. The van der Waals surface area contributed by atoms with Crippen molar-refractivity contribution < 1.29 is 4.79 Å². The summed E-state index contributed by atoms with van der Waals surface area (Å²) in [4.78, 5) is 17.4. The van der Waals surface area contributed by atoms with Crippen LogP contribution in [-0.2, 0) is 24.4 Å². The molecule has 0 aliphatic heterocycles. The maximum absolute atomic E-state index is 12.4. The van der Waals surface area contributed by atoms with Gasteiger partial charge >= 0.3 is 0 Å². The van der Waals surface area contributed by atoms with Crippen LogP contribution in [0.5, 0.6) is 0 Å². The molecule has 4 rings (SSSR count). The molecule has 0 bridgehead atoms. The van der Waals surface area contributed by atoms with Crippen molar-refractivity contribution >= 4 is 29.5 Å². The average molecular weight is 426 g/mol. The quantitative estimate of drug-likeness (QED) is 0.423. The first-order valence-corrected chi connectivity index (χ1v) is 10.3. The minimum absolute atomic E-state index is 0.0409. The number of nitrogens with zero attached hydrogens (tertiary/aromatic N) is 5. The van der Waals surface area contributed by atoms with Crippen LogP contribution in [-0.4, -0.2) is 35.4 Å². The van der Waals surface area contributed by atoms with Crippen molar-refractivity contribution in [2.45, 2.75) is 26.1 Å². The molecule has 0 saturated carbocycles. The maximum atomic E-state index is 12.4. The molecular formula is C19H19N7OS2. The second-order valence-corrected chi connectivity index (χ2v) is 7.70. The highest BCUT2D eigenvalue weighted by Crippen LogP contribution is 2.22. The van der Waals surface area contributed by atoms with E-state index in [0.29, 0.717) is 30.8 Å². The molecule has 4 aromatic rings.